The maximum Gasteiger partial charge on any atom is 0.00385 e. The minimum absolute atomic E-state index is 0.762. The molecule has 0 N–H and O–H groups in total. The number of likely N-dealkylation sites (tertiary alicyclic amines) is 2. The lowest BCUT2D eigenvalue weighted by molar-refractivity contribution is 0.231. The molecule has 0 amide bonds. The van der Waals surface area contributed by atoms with Gasteiger partial charge in [-0.05, 0) is 72.8 Å². The van der Waals surface area contributed by atoms with Gasteiger partial charge < -0.3 is 9.80 Å². The van der Waals surface area contributed by atoms with Gasteiger partial charge in [-0.15, -0.1) is 0 Å². The first-order valence-corrected chi connectivity index (χ1v) is 8.63. The Kier molecular flexibility index (Phi) is 12.9. The van der Waals surface area contributed by atoms with Crippen LogP contribution in [0.5, 0.6) is 0 Å². The van der Waals surface area contributed by atoms with Crippen LogP contribution >= 0.6 is 0 Å². The van der Waals surface area contributed by atoms with Crippen molar-refractivity contribution in [2.45, 2.75) is 78.7 Å². The van der Waals surface area contributed by atoms with Crippen LogP contribution in [-0.2, 0) is 0 Å². The molecule has 0 spiro atoms. The third-order valence-electron chi connectivity index (χ3n) is 3.95. The van der Waals surface area contributed by atoms with Crippen LogP contribution in [0.15, 0.2) is 0 Å². The molecule has 0 aromatic heterocycles. The topological polar surface area (TPSA) is 6.48 Å². The van der Waals surface area contributed by atoms with E-state index in [9.17, 15) is 0 Å². The van der Waals surface area contributed by atoms with Gasteiger partial charge in [-0.2, -0.15) is 0 Å². The fourth-order valence-electron chi connectivity index (χ4n) is 2.66. The molecule has 0 saturated carbocycles. The largest absolute Gasteiger partial charge is 0.306 e. The predicted molar refractivity (Wildman–Crippen MR) is 87.9 cm³/mol. The molecular weight excluding hydrogens is 232 g/mol. The van der Waals surface area contributed by atoms with Crippen LogP contribution in [0.25, 0.3) is 0 Å². The Balaban J connectivity index is 0.000000316. The average Bonchev–Trinajstić information content (AvgIpc) is 2.71. The highest BCUT2D eigenvalue weighted by Gasteiger charge is 2.10. The van der Waals surface area contributed by atoms with Gasteiger partial charge in [-0.3, -0.25) is 0 Å². The van der Waals surface area contributed by atoms with E-state index in [1.807, 2.05) is 13.8 Å². The molecule has 2 aliphatic rings. The first kappa shape index (κ1) is 18.9. The number of piperidine rings is 1. The van der Waals surface area contributed by atoms with Gasteiger partial charge in [-0.25, -0.2) is 0 Å². The van der Waals surface area contributed by atoms with E-state index in [4.69, 9.17) is 0 Å². The predicted octanol–water partition coefficient (Wildman–Crippen LogP) is 4.40. The van der Waals surface area contributed by atoms with E-state index in [0.29, 0.717) is 0 Å². The summed E-state index contributed by atoms with van der Waals surface area (Å²) in [6.07, 6.45) is 10.0. The fraction of sp³-hybridized carbons (Fsp3) is 1.00. The third-order valence-corrected chi connectivity index (χ3v) is 3.95. The van der Waals surface area contributed by atoms with E-state index in [2.05, 4.69) is 30.7 Å². The molecule has 2 nitrogen and oxygen atoms in total. The standard InChI is InChI=1S/C9H19N.C6H13N.C2H6/c1-9(2)10-7-5-3-4-6-8-10;1-7-5-3-2-4-6-7;1-2/h9H,3-8H2,1-2H3;2-6H2,1H3;1-2H3. The lowest BCUT2D eigenvalue weighted by Gasteiger charge is -2.23. The maximum atomic E-state index is 2.59. The molecule has 0 atom stereocenters. The van der Waals surface area contributed by atoms with E-state index in [-0.39, 0.29) is 0 Å². The normalized spacial score (nSPS) is 21.8. The molecule has 0 unspecified atom stereocenters. The van der Waals surface area contributed by atoms with Gasteiger partial charge in [-0.1, -0.05) is 33.1 Å². The van der Waals surface area contributed by atoms with Crippen LogP contribution in [0.1, 0.15) is 72.6 Å². The van der Waals surface area contributed by atoms with Gasteiger partial charge in [0.25, 0.3) is 0 Å². The molecule has 2 saturated heterocycles. The Labute approximate surface area is 122 Å². The van der Waals surface area contributed by atoms with Crippen LogP contribution in [0.4, 0.5) is 0 Å². The quantitative estimate of drug-likeness (QED) is 0.697. The van der Waals surface area contributed by atoms with Gasteiger partial charge in [0.05, 0.1) is 0 Å². The highest BCUT2D eigenvalue weighted by atomic mass is 15.1. The van der Waals surface area contributed by atoms with Crippen molar-refractivity contribution >= 4 is 0 Å². The number of hydrogen-bond acceptors (Lipinski definition) is 2. The fourth-order valence-corrected chi connectivity index (χ4v) is 2.66. The van der Waals surface area contributed by atoms with Crippen molar-refractivity contribution in [3.8, 4) is 0 Å². The zero-order valence-corrected chi connectivity index (χ0v) is 14.2. The van der Waals surface area contributed by atoms with E-state index in [1.165, 1.54) is 71.1 Å². The second-order valence-electron chi connectivity index (χ2n) is 5.91. The molecule has 2 heterocycles. The monoisotopic (exact) mass is 270 g/mol. The third kappa shape index (κ3) is 10.4. The van der Waals surface area contributed by atoms with E-state index in [1.54, 1.807) is 0 Å². The summed E-state index contributed by atoms with van der Waals surface area (Å²) in [5, 5.41) is 0. The summed E-state index contributed by atoms with van der Waals surface area (Å²) in [7, 11) is 2.19. The van der Waals surface area contributed by atoms with Crippen LogP contribution in [0, 0.1) is 0 Å². The summed E-state index contributed by atoms with van der Waals surface area (Å²) in [6, 6.07) is 0.762. The van der Waals surface area contributed by atoms with Crippen molar-refractivity contribution in [3.05, 3.63) is 0 Å². The SMILES string of the molecule is CC.CC(C)N1CCCCCC1.CN1CCCCC1. The Bertz CT molecular complexity index is 166. The lowest BCUT2D eigenvalue weighted by atomic mass is 10.1. The second kappa shape index (κ2) is 12.9. The Morgan fingerprint density at radius 3 is 1.32 bits per heavy atom. The average molecular weight is 271 g/mol. The molecule has 0 aromatic carbocycles. The van der Waals surface area contributed by atoms with Gasteiger partial charge in [0.1, 0.15) is 0 Å². The first-order valence-electron chi connectivity index (χ1n) is 8.63. The molecule has 2 rings (SSSR count). The first-order chi connectivity index (χ1) is 9.20. The Hall–Kier alpha value is -0.0800. The number of hydrogen-bond donors (Lipinski definition) is 0. The molecule has 116 valence electrons. The van der Waals surface area contributed by atoms with Crippen LogP contribution < -0.4 is 0 Å². The minimum atomic E-state index is 0.762. The van der Waals surface area contributed by atoms with Gasteiger partial charge in [0.15, 0.2) is 0 Å². The highest BCUT2D eigenvalue weighted by Crippen LogP contribution is 2.11. The van der Waals surface area contributed by atoms with Crippen LogP contribution in [-0.4, -0.2) is 49.1 Å². The summed E-state index contributed by atoms with van der Waals surface area (Å²) >= 11 is 0. The van der Waals surface area contributed by atoms with Crippen LogP contribution in [0.2, 0.25) is 0 Å². The van der Waals surface area contributed by atoms with E-state index in [0.717, 1.165) is 6.04 Å². The molecule has 0 aliphatic carbocycles. The minimum Gasteiger partial charge on any atom is -0.306 e. The molecule has 2 fully saturated rings. The smallest absolute Gasteiger partial charge is 0.00385 e. The Morgan fingerprint density at radius 2 is 1.00 bits per heavy atom. The van der Waals surface area contributed by atoms with Crippen molar-refractivity contribution in [2.75, 3.05) is 33.2 Å². The van der Waals surface area contributed by atoms with Crippen molar-refractivity contribution in [1.29, 1.82) is 0 Å². The van der Waals surface area contributed by atoms with Crippen molar-refractivity contribution < 1.29 is 0 Å². The summed E-state index contributed by atoms with van der Waals surface area (Å²) in [6.45, 7) is 13.9. The second-order valence-corrected chi connectivity index (χ2v) is 5.91. The van der Waals surface area contributed by atoms with E-state index >= 15 is 0 Å². The van der Waals surface area contributed by atoms with Crippen molar-refractivity contribution in [2.24, 2.45) is 0 Å². The summed E-state index contributed by atoms with van der Waals surface area (Å²) in [5.74, 6) is 0. The molecule has 0 bridgehead atoms. The lowest BCUT2D eigenvalue weighted by Crippen LogP contribution is -2.31. The number of nitrogens with zero attached hydrogens (tertiary/aromatic N) is 2. The zero-order chi connectivity index (χ0) is 14.5. The molecular formula is C17H38N2. The molecule has 2 aliphatic heterocycles. The highest BCUT2D eigenvalue weighted by molar-refractivity contribution is 4.66. The molecule has 19 heavy (non-hydrogen) atoms. The summed E-state index contributed by atoms with van der Waals surface area (Å²) < 4.78 is 0. The summed E-state index contributed by atoms with van der Waals surface area (Å²) in [5.41, 5.74) is 0. The molecule has 0 radical (unpaired) electrons. The van der Waals surface area contributed by atoms with Gasteiger partial charge >= 0.3 is 0 Å². The van der Waals surface area contributed by atoms with Crippen molar-refractivity contribution in [1.82, 2.24) is 9.80 Å². The number of rotatable bonds is 1. The van der Waals surface area contributed by atoms with Gasteiger partial charge in [0.2, 0.25) is 0 Å². The van der Waals surface area contributed by atoms with E-state index < -0.39 is 0 Å². The van der Waals surface area contributed by atoms with Gasteiger partial charge in [0, 0.05) is 6.04 Å². The maximum absolute atomic E-state index is 2.59. The van der Waals surface area contributed by atoms with Crippen LogP contribution in [0.3, 0.4) is 0 Å². The Morgan fingerprint density at radius 1 is 0.632 bits per heavy atom. The van der Waals surface area contributed by atoms with Crippen molar-refractivity contribution in [3.63, 3.8) is 0 Å². The molecule has 0 aromatic rings. The summed E-state index contributed by atoms with van der Waals surface area (Å²) in [4.78, 5) is 4.98. The zero-order valence-electron chi connectivity index (χ0n) is 14.2. The molecule has 2 heteroatoms.